The number of para-hydroxylation sites is 1. The maximum Gasteiger partial charge on any atom is 0.251 e. The molecule has 2 amide bonds. The topological polar surface area (TPSA) is 94.6 Å². The number of carbonyl (C=O) groups is 2. The van der Waals surface area contributed by atoms with E-state index in [9.17, 15) is 9.59 Å². The van der Waals surface area contributed by atoms with Gasteiger partial charge in [0.15, 0.2) is 5.96 Å². The van der Waals surface area contributed by atoms with E-state index in [-0.39, 0.29) is 18.4 Å². The summed E-state index contributed by atoms with van der Waals surface area (Å²) in [6.45, 7) is 0.734. The Morgan fingerprint density at radius 2 is 1.78 bits per heavy atom. The average molecular weight is 367 g/mol. The highest BCUT2D eigenvalue weighted by molar-refractivity contribution is 5.95. The lowest BCUT2D eigenvalue weighted by atomic mass is 10.1. The van der Waals surface area contributed by atoms with Crippen LogP contribution < -0.4 is 21.3 Å². The molecule has 0 aliphatic rings. The quantitative estimate of drug-likeness (QED) is 0.439. The van der Waals surface area contributed by atoms with Gasteiger partial charge in [-0.15, -0.1) is 0 Å². The van der Waals surface area contributed by atoms with Crippen molar-refractivity contribution < 1.29 is 9.59 Å². The smallest absolute Gasteiger partial charge is 0.251 e. The predicted octanol–water partition coefficient (Wildman–Crippen LogP) is 1.39. The molecule has 0 radical (unpaired) electrons. The van der Waals surface area contributed by atoms with Crippen LogP contribution in [0.25, 0.3) is 0 Å². The number of guanidine groups is 1. The molecule has 0 unspecified atom stereocenters. The molecule has 2 rings (SSSR count). The van der Waals surface area contributed by atoms with Crippen molar-refractivity contribution >= 4 is 23.5 Å². The van der Waals surface area contributed by atoms with Gasteiger partial charge in [0, 0.05) is 31.9 Å². The fourth-order valence-corrected chi connectivity index (χ4v) is 2.45. The lowest BCUT2D eigenvalue weighted by Gasteiger charge is -2.12. The highest BCUT2D eigenvalue weighted by atomic mass is 16.2. The van der Waals surface area contributed by atoms with Crippen molar-refractivity contribution in [3.63, 3.8) is 0 Å². The minimum absolute atomic E-state index is 0.105. The third-order valence-electron chi connectivity index (χ3n) is 3.82. The molecular formula is C20H25N5O2. The first-order valence-corrected chi connectivity index (χ1v) is 8.73. The number of amides is 2. The van der Waals surface area contributed by atoms with Gasteiger partial charge >= 0.3 is 0 Å². The van der Waals surface area contributed by atoms with E-state index in [0.717, 1.165) is 17.7 Å². The second-order valence-electron chi connectivity index (χ2n) is 5.80. The zero-order valence-electron chi connectivity index (χ0n) is 15.6. The molecule has 0 spiro atoms. The Balaban J connectivity index is 1.75. The van der Waals surface area contributed by atoms with E-state index in [1.807, 2.05) is 48.5 Å². The standard InChI is InChI=1S/C20H25N5O2/c1-21-19(27)16-8-6-7-15(13-16)11-12-23-20(22-2)24-14-18(26)25-17-9-4-3-5-10-17/h3-10,13H,11-12,14H2,1-2H3,(H,21,27)(H,25,26)(H2,22,23,24). The molecule has 0 heterocycles. The van der Waals surface area contributed by atoms with Crippen LogP contribution in [0.1, 0.15) is 15.9 Å². The van der Waals surface area contributed by atoms with Gasteiger partial charge in [-0.1, -0.05) is 30.3 Å². The lowest BCUT2D eigenvalue weighted by molar-refractivity contribution is -0.115. The highest BCUT2D eigenvalue weighted by Gasteiger charge is 2.06. The summed E-state index contributed by atoms with van der Waals surface area (Å²) < 4.78 is 0. The molecule has 2 aromatic carbocycles. The largest absolute Gasteiger partial charge is 0.356 e. The maximum absolute atomic E-state index is 12.0. The molecule has 0 aliphatic heterocycles. The molecule has 0 aliphatic carbocycles. The molecule has 4 N–H and O–H groups in total. The van der Waals surface area contributed by atoms with Crippen LogP contribution in [0.2, 0.25) is 0 Å². The van der Waals surface area contributed by atoms with Crippen LogP contribution >= 0.6 is 0 Å². The SMILES string of the molecule is CN=C(NCCc1cccc(C(=O)NC)c1)NCC(=O)Nc1ccccc1. The Hall–Kier alpha value is -3.35. The number of benzene rings is 2. The zero-order valence-corrected chi connectivity index (χ0v) is 15.6. The lowest BCUT2D eigenvalue weighted by Crippen LogP contribution is -2.42. The van der Waals surface area contributed by atoms with Crippen molar-refractivity contribution in [3.05, 3.63) is 65.7 Å². The van der Waals surface area contributed by atoms with Crippen LogP contribution in [0.3, 0.4) is 0 Å². The molecular weight excluding hydrogens is 342 g/mol. The van der Waals surface area contributed by atoms with Crippen LogP contribution in [0.4, 0.5) is 5.69 Å². The second kappa shape index (κ2) is 10.6. The number of anilines is 1. The molecule has 0 bridgehead atoms. The minimum Gasteiger partial charge on any atom is -0.356 e. The summed E-state index contributed by atoms with van der Waals surface area (Å²) >= 11 is 0. The van der Waals surface area contributed by atoms with Crippen LogP contribution in [0.5, 0.6) is 0 Å². The summed E-state index contributed by atoms with van der Waals surface area (Å²) in [6, 6.07) is 16.8. The highest BCUT2D eigenvalue weighted by Crippen LogP contribution is 2.06. The third-order valence-corrected chi connectivity index (χ3v) is 3.82. The number of rotatable bonds is 7. The van der Waals surface area contributed by atoms with Gasteiger partial charge < -0.3 is 21.3 Å². The molecule has 0 atom stereocenters. The summed E-state index contributed by atoms with van der Waals surface area (Å²) in [5, 5.41) is 11.6. The van der Waals surface area contributed by atoms with Crippen molar-refractivity contribution in [1.82, 2.24) is 16.0 Å². The van der Waals surface area contributed by atoms with E-state index in [2.05, 4.69) is 26.3 Å². The number of hydrogen-bond acceptors (Lipinski definition) is 3. The first-order chi connectivity index (χ1) is 13.1. The molecule has 7 nitrogen and oxygen atoms in total. The van der Waals surface area contributed by atoms with Gasteiger partial charge in [0.1, 0.15) is 0 Å². The summed E-state index contributed by atoms with van der Waals surface area (Å²) in [5.41, 5.74) is 2.43. The number of nitrogens with one attached hydrogen (secondary N) is 4. The molecule has 2 aromatic rings. The third kappa shape index (κ3) is 6.81. The van der Waals surface area contributed by atoms with Crippen LogP contribution in [-0.4, -0.2) is 45.0 Å². The molecule has 142 valence electrons. The summed E-state index contributed by atoms with van der Waals surface area (Å²) in [7, 11) is 3.26. The van der Waals surface area contributed by atoms with Gasteiger partial charge in [-0.05, 0) is 36.2 Å². The Labute approximate surface area is 159 Å². The molecule has 27 heavy (non-hydrogen) atoms. The number of aliphatic imine (C=N–C) groups is 1. The van der Waals surface area contributed by atoms with Crippen molar-refractivity contribution in [1.29, 1.82) is 0 Å². The van der Waals surface area contributed by atoms with E-state index in [1.165, 1.54) is 0 Å². The van der Waals surface area contributed by atoms with Gasteiger partial charge in [-0.3, -0.25) is 14.6 Å². The summed E-state index contributed by atoms with van der Waals surface area (Å²) in [6.07, 6.45) is 0.724. The molecule has 0 fully saturated rings. The maximum atomic E-state index is 12.0. The van der Waals surface area contributed by atoms with Crippen LogP contribution in [0.15, 0.2) is 59.6 Å². The molecule has 0 saturated carbocycles. The van der Waals surface area contributed by atoms with E-state index in [4.69, 9.17) is 0 Å². The van der Waals surface area contributed by atoms with Gasteiger partial charge in [0.2, 0.25) is 5.91 Å². The summed E-state index contributed by atoms with van der Waals surface area (Å²) in [5.74, 6) is 0.287. The Bertz CT molecular complexity index is 790. The second-order valence-corrected chi connectivity index (χ2v) is 5.80. The van der Waals surface area contributed by atoms with Crippen LogP contribution in [0, 0.1) is 0 Å². The van der Waals surface area contributed by atoms with Gasteiger partial charge in [-0.25, -0.2) is 0 Å². The van der Waals surface area contributed by atoms with E-state index >= 15 is 0 Å². The van der Waals surface area contributed by atoms with Crippen molar-refractivity contribution in [2.24, 2.45) is 4.99 Å². The van der Waals surface area contributed by atoms with Crippen molar-refractivity contribution in [2.75, 3.05) is 32.5 Å². The van der Waals surface area contributed by atoms with Crippen molar-refractivity contribution in [2.45, 2.75) is 6.42 Å². The Kier molecular flexibility index (Phi) is 7.84. The number of carbonyl (C=O) groups excluding carboxylic acids is 2. The van der Waals surface area contributed by atoms with Gasteiger partial charge in [0.05, 0.1) is 6.54 Å². The molecule has 0 saturated heterocycles. The Morgan fingerprint density at radius 1 is 1.00 bits per heavy atom. The fraction of sp³-hybridized carbons (Fsp3) is 0.250. The predicted molar refractivity (Wildman–Crippen MR) is 108 cm³/mol. The van der Waals surface area contributed by atoms with E-state index < -0.39 is 0 Å². The van der Waals surface area contributed by atoms with E-state index in [1.54, 1.807) is 20.2 Å². The zero-order chi connectivity index (χ0) is 19.5. The average Bonchev–Trinajstić information content (AvgIpc) is 2.70. The van der Waals surface area contributed by atoms with Gasteiger partial charge in [-0.2, -0.15) is 0 Å². The van der Waals surface area contributed by atoms with Crippen molar-refractivity contribution in [3.8, 4) is 0 Å². The normalized spacial score (nSPS) is 10.8. The van der Waals surface area contributed by atoms with E-state index in [0.29, 0.717) is 18.1 Å². The van der Waals surface area contributed by atoms with Crippen LogP contribution in [-0.2, 0) is 11.2 Å². The minimum atomic E-state index is -0.151. The molecule has 7 heteroatoms. The number of hydrogen-bond donors (Lipinski definition) is 4. The molecule has 0 aromatic heterocycles. The Morgan fingerprint density at radius 3 is 2.48 bits per heavy atom. The van der Waals surface area contributed by atoms with Gasteiger partial charge in [0.25, 0.3) is 5.91 Å². The first kappa shape index (κ1) is 20.0. The fourth-order valence-electron chi connectivity index (χ4n) is 2.45. The monoisotopic (exact) mass is 367 g/mol. The first-order valence-electron chi connectivity index (χ1n) is 8.73. The number of nitrogens with zero attached hydrogens (tertiary/aromatic N) is 1. The summed E-state index contributed by atoms with van der Waals surface area (Å²) in [4.78, 5) is 27.8.